The number of hydrogen-bond donors (Lipinski definition) is 0. The fourth-order valence-electron chi connectivity index (χ4n) is 2.56. The van der Waals surface area contributed by atoms with Gasteiger partial charge in [-0.3, -0.25) is 9.69 Å². The predicted molar refractivity (Wildman–Crippen MR) is 77.7 cm³/mol. The van der Waals surface area contributed by atoms with E-state index in [1.165, 1.54) is 0 Å². The van der Waals surface area contributed by atoms with Gasteiger partial charge in [0, 0.05) is 58.1 Å². The van der Waals surface area contributed by atoms with Crippen LogP contribution in [-0.2, 0) is 17.9 Å². The van der Waals surface area contributed by atoms with Gasteiger partial charge in [-0.15, -0.1) is 0 Å². The van der Waals surface area contributed by atoms with Gasteiger partial charge in [0.1, 0.15) is 11.4 Å². The summed E-state index contributed by atoms with van der Waals surface area (Å²) in [4.78, 5) is 20.4. The number of aromatic nitrogens is 4. The summed E-state index contributed by atoms with van der Waals surface area (Å²) in [6.07, 6.45) is 5.85. The van der Waals surface area contributed by atoms with Crippen LogP contribution in [0.5, 0.6) is 0 Å². The third-order valence-corrected chi connectivity index (χ3v) is 3.99. The van der Waals surface area contributed by atoms with Crippen molar-refractivity contribution < 1.29 is 9.42 Å². The lowest BCUT2D eigenvalue weighted by molar-refractivity contribution is -0.133. The number of carbonyl (C=O) groups is 1. The van der Waals surface area contributed by atoms with Gasteiger partial charge in [-0.2, -0.15) is 0 Å². The zero-order chi connectivity index (χ0) is 15.4. The molecule has 0 bridgehead atoms. The average Bonchev–Trinajstić information content (AvgIpc) is 3.18. The van der Waals surface area contributed by atoms with Crippen LogP contribution in [0.25, 0.3) is 0 Å². The van der Waals surface area contributed by atoms with Crippen molar-refractivity contribution in [3.8, 4) is 0 Å². The largest absolute Gasteiger partial charge is 0.340 e. The number of aryl methyl sites for hydroxylation is 2. The molecule has 0 aromatic carbocycles. The highest BCUT2D eigenvalue weighted by atomic mass is 16.6. The van der Waals surface area contributed by atoms with E-state index in [4.69, 9.17) is 4.63 Å². The van der Waals surface area contributed by atoms with Gasteiger partial charge in [-0.1, -0.05) is 10.3 Å². The highest BCUT2D eigenvalue weighted by Gasteiger charge is 2.22. The van der Waals surface area contributed by atoms with Crippen LogP contribution >= 0.6 is 0 Å². The Morgan fingerprint density at radius 2 is 2.09 bits per heavy atom. The molecule has 118 valence electrons. The first kappa shape index (κ1) is 14.7. The monoisotopic (exact) mass is 304 g/mol. The lowest BCUT2D eigenvalue weighted by Gasteiger charge is -2.34. The number of piperazine rings is 1. The van der Waals surface area contributed by atoms with E-state index in [0.29, 0.717) is 13.0 Å². The molecular weight excluding hydrogens is 284 g/mol. The highest BCUT2D eigenvalue weighted by molar-refractivity contribution is 5.76. The van der Waals surface area contributed by atoms with E-state index in [9.17, 15) is 4.79 Å². The van der Waals surface area contributed by atoms with Crippen molar-refractivity contribution >= 4 is 5.91 Å². The summed E-state index contributed by atoms with van der Waals surface area (Å²) in [6, 6.07) is 0. The highest BCUT2D eigenvalue weighted by Crippen LogP contribution is 2.10. The van der Waals surface area contributed by atoms with Gasteiger partial charge in [0.15, 0.2) is 0 Å². The second-order valence-corrected chi connectivity index (χ2v) is 5.50. The van der Waals surface area contributed by atoms with Crippen LogP contribution in [0, 0.1) is 6.92 Å². The van der Waals surface area contributed by atoms with E-state index in [1.54, 1.807) is 12.5 Å². The molecule has 0 saturated carbocycles. The molecule has 0 unspecified atom stereocenters. The summed E-state index contributed by atoms with van der Waals surface area (Å²) in [5, 5.41) is 7.69. The summed E-state index contributed by atoms with van der Waals surface area (Å²) in [5.41, 5.74) is 1.71. The Morgan fingerprint density at radius 3 is 2.73 bits per heavy atom. The van der Waals surface area contributed by atoms with Gasteiger partial charge in [0.2, 0.25) is 5.91 Å². The van der Waals surface area contributed by atoms with E-state index in [1.807, 2.05) is 22.6 Å². The molecule has 0 radical (unpaired) electrons. The van der Waals surface area contributed by atoms with Crippen molar-refractivity contribution in [2.45, 2.75) is 26.4 Å². The molecule has 0 atom stereocenters. The number of imidazole rings is 1. The van der Waals surface area contributed by atoms with Gasteiger partial charge in [0.25, 0.3) is 0 Å². The molecule has 22 heavy (non-hydrogen) atoms. The summed E-state index contributed by atoms with van der Waals surface area (Å²) >= 11 is 0. The Bertz CT molecular complexity index is 601. The van der Waals surface area contributed by atoms with Crippen LogP contribution in [0.3, 0.4) is 0 Å². The van der Waals surface area contributed by atoms with Crippen molar-refractivity contribution in [2.24, 2.45) is 0 Å². The minimum Gasteiger partial charge on any atom is -0.340 e. The third kappa shape index (κ3) is 3.51. The van der Waals surface area contributed by atoms with Crippen LogP contribution in [0.2, 0.25) is 0 Å². The molecule has 1 fully saturated rings. The van der Waals surface area contributed by atoms with Crippen LogP contribution in [0.15, 0.2) is 23.4 Å². The van der Waals surface area contributed by atoms with Crippen LogP contribution in [0.4, 0.5) is 0 Å². The molecule has 0 N–H and O–H groups in total. The lowest BCUT2D eigenvalue weighted by Crippen LogP contribution is -2.48. The number of rotatable bonds is 5. The Morgan fingerprint density at radius 1 is 1.27 bits per heavy atom. The van der Waals surface area contributed by atoms with Gasteiger partial charge in [-0.05, 0) is 6.92 Å². The maximum absolute atomic E-state index is 12.2. The number of carbonyl (C=O) groups excluding carboxylic acids is 1. The Hall–Kier alpha value is -2.22. The third-order valence-electron chi connectivity index (χ3n) is 3.99. The molecule has 2 aromatic heterocycles. The quantitative estimate of drug-likeness (QED) is 0.791. The molecule has 2 aromatic rings. The molecule has 0 aliphatic carbocycles. The fraction of sp³-hybridized carbons (Fsp3) is 0.571. The first-order valence-electron chi connectivity index (χ1n) is 7.46. The molecule has 0 spiro atoms. The minimum atomic E-state index is 0.202. The second-order valence-electron chi connectivity index (χ2n) is 5.50. The van der Waals surface area contributed by atoms with Crippen molar-refractivity contribution in [3.05, 3.63) is 30.1 Å². The molecule has 8 heteroatoms. The Labute approximate surface area is 128 Å². The van der Waals surface area contributed by atoms with Gasteiger partial charge in [-0.25, -0.2) is 9.61 Å². The fourth-order valence-corrected chi connectivity index (χ4v) is 2.56. The first-order chi connectivity index (χ1) is 10.7. The number of nitrogens with zero attached hydrogens (tertiary/aromatic N) is 6. The van der Waals surface area contributed by atoms with Crippen LogP contribution < -0.4 is 0 Å². The van der Waals surface area contributed by atoms with Gasteiger partial charge >= 0.3 is 0 Å². The molecular formula is C14H20N6O2. The maximum Gasteiger partial charge on any atom is 0.224 e. The molecule has 1 aliphatic rings. The zero-order valence-corrected chi connectivity index (χ0v) is 12.7. The van der Waals surface area contributed by atoms with Crippen molar-refractivity contribution in [1.29, 1.82) is 0 Å². The van der Waals surface area contributed by atoms with Crippen molar-refractivity contribution in [3.63, 3.8) is 0 Å². The SMILES string of the molecule is Cc1nonc1CN1CCN(C(=O)CCn2ccnc2)CC1. The topological polar surface area (TPSA) is 80.3 Å². The van der Waals surface area contributed by atoms with E-state index in [0.717, 1.165) is 44.1 Å². The average molecular weight is 304 g/mol. The standard InChI is InChI=1S/C14H20N6O2/c1-12-13(17-22-16-12)10-18-6-8-20(9-7-18)14(21)2-4-19-5-3-15-11-19/h3,5,11H,2,4,6-10H2,1H3. The minimum absolute atomic E-state index is 0.202. The predicted octanol–water partition coefficient (Wildman–Crippen LogP) is 0.309. The first-order valence-corrected chi connectivity index (χ1v) is 7.46. The molecule has 1 amide bonds. The number of amides is 1. The second kappa shape index (κ2) is 6.69. The van der Waals surface area contributed by atoms with Gasteiger partial charge in [0.05, 0.1) is 6.33 Å². The molecule has 1 saturated heterocycles. The van der Waals surface area contributed by atoms with Crippen molar-refractivity contribution in [1.82, 2.24) is 29.7 Å². The molecule has 8 nitrogen and oxygen atoms in total. The summed E-state index contributed by atoms with van der Waals surface area (Å²) in [6.45, 7) is 6.52. The van der Waals surface area contributed by atoms with Crippen LogP contribution in [-0.4, -0.2) is 61.8 Å². The molecule has 3 rings (SSSR count). The number of hydrogen-bond acceptors (Lipinski definition) is 6. The molecule has 3 heterocycles. The Balaban J connectivity index is 1.43. The van der Waals surface area contributed by atoms with E-state index in [2.05, 4.69) is 20.2 Å². The Kier molecular flexibility index (Phi) is 4.47. The molecule has 1 aliphatic heterocycles. The van der Waals surface area contributed by atoms with E-state index < -0.39 is 0 Å². The zero-order valence-electron chi connectivity index (χ0n) is 12.7. The summed E-state index contributed by atoms with van der Waals surface area (Å²) in [7, 11) is 0. The van der Waals surface area contributed by atoms with E-state index in [-0.39, 0.29) is 5.91 Å². The summed E-state index contributed by atoms with van der Waals surface area (Å²) < 4.78 is 6.64. The normalized spacial score (nSPS) is 16.1. The van der Waals surface area contributed by atoms with E-state index >= 15 is 0 Å². The lowest BCUT2D eigenvalue weighted by atomic mass is 10.2. The van der Waals surface area contributed by atoms with Crippen LogP contribution in [0.1, 0.15) is 17.8 Å². The summed E-state index contributed by atoms with van der Waals surface area (Å²) in [5.74, 6) is 0.202. The van der Waals surface area contributed by atoms with Gasteiger partial charge < -0.3 is 9.47 Å². The maximum atomic E-state index is 12.2. The van der Waals surface area contributed by atoms with Crippen molar-refractivity contribution in [2.75, 3.05) is 26.2 Å². The smallest absolute Gasteiger partial charge is 0.224 e.